The van der Waals surface area contributed by atoms with E-state index in [1.54, 1.807) is 12.1 Å². The Morgan fingerprint density at radius 3 is 2.61 bits per heavy atom. The Kier molecular flexibility index (Phi) is 2.74. The monoisotopic (exact) mass is 306 g/mol. The largest absolute Gasteiger partial charge is 0.399 e. The van der Waals surface area contributed by atoms with E-state index in [4.69, 9.17) is 5.73 Å². The van der Waals surface area contributed by atoms with Gasteiger partial charge in [0.05, 0.1) is 4.47 Å². The maximum atomic E-state index is 13.5. The minimum atomic E-state index is -0.233. The van der Waals surface area contributed by atoms with Crippen molar-refractivity contribution in [2.75, 3.05) is 10.6 Å². The Labute approximate surface area is 113 Å². The highest BCUT2D eigenvalue weighted by Crippen LogP contribution is 2.31. The molecule has 0 radical (unpaired) electrons. The summed E-state index contributed by atoms with van der Waals surface area (Å²) in [6.45, 7) is 1.58. The molecule has 0 aromatic heterocycles. The quantitative estimate of drug-likeness (QED) is 0.814. The fourth-order valence-corrected chi connectivity index (χ4v) is 2.53. The Morgan fingerprint density at radius 2 is 1.83 bits per heavy atom. The average molecular weight is 307 g/mol. The molecule has 0 amide bonds. The molecule has 2 aromatic carbocycles. The third kappa shape index (κ3) is 1.97. The van der Waals surface area contributed by atoms with Gasteiger partial charge in [-0.3, -0.25) is 0 Å². The minimum absolute atomic E-state index is 0.233. The summed E-state index contributed by atoms with van der Waals surface area (Å²) in [5.74, 6) is -0.233. The number of benzene rings is 2. The van der Waals surface area contributed by atoms with Crippen LogP contribution in [-0.2, 0) is 13.1 Å². The first-order valence-corrected chi connectivity index (χ1v) is 6.50. The number of nitrogens with two attached hydrogens (primary N) is 1. The third-order valence-electron chi connectivity index (χ3n) is 3.22. The summed E-state index contributed by atoms with van der Waals surface area (Å²) in [5.41, 5.74) is 9.92. The van der Waals surface area contributed by atoms with Crippen molar-refractivity contribution in [3.05, 3.63) is 57.8 Å². The van der Waals surface area contributed by atoms with Gasteiger partial charge in [-0.25, -0.2) is 4.39 Å². The number of fused-ring (bicyclic) bond motifs is 1. The van der Waals surface area contributed by atoms with Crippen LogP contribution < -0.4 is 10.6 Å². The van der Waals surface area contributed by atoms with Crippen LogP contribution in [0.4, 0.5) is 15.8 Å². The van der Waals surface area contributed by atoms with E-state index in [0.717, 1.165) is 24.5 Å². The molecule has 0 aliphatic carbocycles. The van der Waals surface area contributed by atoms with E-state index in [1.807, 2.05) is 24.3 Å². The zero-order chi connectivity index (χ0) is 12.7. The van der Waals surface area contributed by atoms with Crippen LogP contribution >= 0.6 is 15.9 Å². The molecule has 18 heavy (non-hydrogen) atoms. The highest BCUT2D eigenvalue weighted by atomic mass is 79.9. The van der Waals surface area contributed by atoms with Gasteiger partial charge in [0.25, 0.3) is 0 Å². The van der Waals surface area contributed by atoms with Crippen molar-refractivity contribution in [3.8, 4) is 0 Å². The number of rotatable bonds is 1. The summed E-state index contributed by atoms with van der Waals surface area (Å²) < 4.78 is 14.0. The molecule has 1 heterocycles. The molecule has 2 nitrogen and oxygen atoms in total. The topological polar surface area (TPSA) is 29.3 Å². The van der Waals surface area contributed by atoms with E-state index >= 15 is 0 Å². The predicted octanol–water partition coefficient (Wildman–Crippen LogP) is 3.69. The van der Waals surface area contributed by atoms with Gasteiger partial charge in [-0.2, -0.15) is 0 Å². The SMILES string of the molecule is Nc1ccc2c(c1)CN(c1ccc(Br)c(F)c1)C2. The number of hydrogen-bond acceptors (Lipinski definition) is 2. The van der Waals surface area contributed by atoms with Gasteiger partial charge in [0, 0.05) is 24.5 Å². The normalized spacial score (nSPS) is 13.8. The van der Waals surface area contributed by atoms with Crippen molar-refractivity contribution in [2.45, 2.75) is 13.1 Å². The molecule has 2 N–H and O–H groups in total. The molecule has 1 aliphatic rings. The Hall–Kier alpha value is -1.55. The first-order valence-electron chi connectivity index (χ1n) is 5.71. The van der Waals surface area contributed by atoms with Crippen LogP contribution in [0.15, 0.2) is 40.9 Å². The van der Waals surface area contributed by atoms with E-state index < -0.39 is 0 Å². The van der Waals surface area contributed by atoms with Gasteiger partial charge in [-0.15, -0.1) is 0 Å². The molecule has 0 saturated heterocycles. The molecule has 2 aromatic rings. The van der Waals surface area contributed by atoms with Crippen LogP contribution in [-0.4, -0.2) is 0 Å². The number of hydrogen-bond donors (Lipinski definition) is 1. The molecule has 92 valence electrons. The number of nitrogens with zero attached hydrogens (tertiary/aromatic N) is 1. The second-order valence-electron chi connectivity index (χ2n) is 4.48. The van der Waals surface area contributed by atoms with Crippen molar-refractivity contribution in [3.63, 3.8) is 0 Å². The molecule has 4 heteroatoms. The lowest BCUT2D eigenvalue weighted by atomic mass is 10.1. The minimum Gasteiger partial charge on any atom is -0.399 e. The zero-order valence-electron chi connectivity index (χ0n) is 9.66. The maximum absolute atomic E-state index is 13.5. The first kappa shape index (κ1) is 11.5. The molecule has 0 atom stereocenters. The molecule has 0 fully saturated rings. The van der Waals surface area contributed by atoms with Crippen LogP contribution in [0.25, 0.3) is 0 Å². The maximum Gasteiger partial charge on any atom is 0.139 e. The van der Waals surface area contributed by atoms with Crippen LogP contribution in [0.3, 0.4) is 0 Å². The number of anilines is 2. The summed E-state index contributed by atoms with van der Waals surface area (Å²) >= 11 is 3.17. The van der Waals surface area contributed by atoms with Gasteiger partial charge in [0.1, 0.15) is 5.82 Å². The van der Waals surface area contributed by atoms with Gasteiger partial charge < -0.3 is 10.6 Å². The van der Waals surface area contributed by atoms with Crippen molar-refractivity contribution < 1.29 is 4.39 Å². The predicted molar refractivity (Wildman–Crippen MR) is 74.8 cm³/mol. The van der Waals surface area contributed by atoms with Crippen molar-refractivity contribution >= 4 is 27.3 Å². The summed E-state index contributed by atoms with van der Waals surface area (Å²) in [5, 5.41) is 0. The summed E-state index contributed by atoms with van der Waals surface area (Å²) in [4.78, 5) is 2.14. The van der Waals surface area contributed by atoms with Crippen LogP contribution in [0.5, 0.6) is 0 Å². The smallest absolute Gasteiger partial charge is 0.139 e. The van der Waals surface area contributed by atoms with Crippen LogP contribution in [0, 0.1) is 5.82 Å². The lowest BCUT2D eigenvalue weighted by molar-refractivity contribution is 0.620. The van der Waals surface area contributed by atoms with E-state index in [1.165, 1.54) is 11.1 Å². The lowest BCUT2D eigenvalue weighted by Crippen LogP contribution is -2.14. The zero-order valence-corrected chi connectivity index (χ0v) is 11.2. The van der Waals surface area contributed by atoms with E-state index in [2.05, 4.69) is 20.8 Å². The standard InChI is InChI=1S/C14H12BrFN2/c15-13-4-3-12(6-14(13)16)18-7-9-1-2-11(17)5-10(9)8-18/h1-6H,7-8,17H2. The van der Waals surface area contributed by atoms with Crippen LogP contribution in [0.2, 0.25) is 0 Å². The second-order valence-corrected chi connectivity index (χ2v) is 5.34. The molecule has 0 bridgehead atoms. The van der Waals surface area contributed by atoms with Crippen molar-refractivity contribution in [1.82, 2.24) is 0 Å². The van der Waals surface area contributed by atoms with Gasteiger partial charge in [-0.1, -0.05) is 6.07 Å². The summed E-state index contributed by atoms with van der Waals surface area (Å²) in [6.07, 6.45) is 0. The highest BCUT2D eigenvalue weighted by Gasteiger charge is 2.19. The molecule has 0 unspecified atom stereocenters. The molecule has 3 rings (SSSR count). The van der Waals surface area contributed by atoms with E-state index in [0.29, 0.717) is 4.47 Å². The lowest BCUT2D eigenvalue weighted by Gasteiger charge is -2.17. The number of nitrogen functional groups attached to an aromatic ring is 1. The third-order valence-corrected chi connectivity index (χ3v) is 3.86. The Morgan fingerprint density at radius 1 is 1.06 bits per heavy atom. The van der Waals surface area contributed by atoms with Gasteiger partial charge in [-0.05, 0) is 57.4 Å². The van der Waals surface area contributed by atoms with Gasteiger partial charge >= 0.3 is 0 Å². The average Bonchev–Trinajstić information content (AvgIpc) is 2.75. The summed E-state index contributed by atoms with van der Waals surface area (Å²) in [7, 11) is 0. The second kappa shape index (κ2) is 4.28. The van der Waals surface area contributed by atoms with Crippen LogP contribution in [0.1, 0.15) is 11.1 Å². The molecular formula is C14H12BrFN2. The van der Waals surface area contributed by atoms with Gasteiger partial charge in [0.15, 0.2) is 0 Å². The highest BCUT2D eigenvalue weighted by molar-refractivity contribution is 9.10. The van der Waals surface area contributed by atoms with Crippen molar-refractivity contribution in [1.29, 1.82) is 0 Å². The van der Waals surface area contributed by atoms with Gasteiger partial charge in [0.2, 0.25) is 0 Å². The van der Waals surface area contributed by atoms with E-state index in [-0.39, 0.29) is 5.82 Å². The first-order chi connectivity index (χ1) is 8.63. The fourth-order valence-electron chi connectivity index (χ4n) is 2.28. The molecule has 1 aliphatic heterocycles. The summed E-state index contributed by atoms with van der Waals surface area (Å²) in [6, 6.07) is 11.2. The van der Waals surface area contributed by atoms with Crippen molar-refractivity contribution in [2.24, 2.45) is 0 Å². The number of halogens is 2. The molecule has 0 saturated carbocycles. The Balaban J connectivity index is 1.91. The molecule has 0 spiro atoms. The fraction of sp³-hybridized carbons (Fsp3) is 0.143. The molecular weight excluding hydrogens is 295 g/mol. The Bertz CT molecular complexity index is 613. The van der Waals surface area contributed by atoms with E-state index in [9.17, 15) is 4.39 Å².